The number of fused-ring (bicyclic) bond motifs is 1. The minimum absolute atomic E-state index is 0.140. The van der Waals surface area contributed by atoms with Gasteiger partial charge in [-0.15, -0.1) is 10.2 Å². The van der Waals surface area contributed by atoms with Gasteiger partial charge in [0.1, 0.15) is 0 Å². The molecule has 0 bridgehead atoms. The Kier molecular flexibility index (Phi) is 4.55. The van der Waals surface area contributed by atoms with Crippen LogP contribution in [0.4, 0.5) is 5.69 Å². The van der Waals surface area contributed by atoms with Gasteiger partial charge in [0, 0.05) is 11.1 Å². The molecule has 1 atom stereocenters. The van der Waals surface area contributed by atoms with Gasteiger partial charge in [-0.1, -0.05) is 48.2 Å². The number of rotatable bonds is 5. The monoisotopic (exact) mass is 379 g/mol. The van der Waals surface area contributed by atoms with E-state index in [0.717, 1.165) is 16.5 Å². The molecule has 0 aliphatic heterocycles. The van der Waals surface area contributed by atoms with Gasteiger partial charge in [0.25, 0.3) is 0 Å². The number of carbonyl (C=O) groups excluding carboxylic acids is 1. The second kappa shape index (κ2) is 7.16. The molecule has 0 saturated heterocycles. The molecule has 0 radical (unpaired) electrons. The molecule has 0 saturated carbocycles. The third-order valence-corrected chi connectivity index (χ3v) is 5.16. The predicted octanol–water partition coefficient (Wildman–Crippen LogP) is 3.52. The van der Waals surface area contributed by atoms with Crippen LogP contribution in [-0.2, 0) is 4.79 Å². The minimum atomic E-state index is -0.417. The highest BCUT2D eigenvalue weighted by atomic mass is 32.2. The van der Waals surface area contributed by atoms with Crippen molar-refractivity contribution in [2.45, 2.75) is 17.3 Å². The number of hydrogen-bond donors (Lipinski definition) is 2. The maximum absolute atomic E-state index is 12.7. The summed E-state index contributed by atoms with van der Waals surface area (Å²) in [7, 11) is 0. The fourth-order valence-electron chi connectivity index (χ4n) is 2.71. The number of furan rings is 1. The zero-order valence-electron chi connectivity index (χ0n) is 14.5. The van der Waals surface area contributed by atoms with Crippen molar-refractivity contribution in [3.63, 3.8) is 0 Å². The van der Waals surface area contributed by atoms with Crippen molar-refractivity contribution in [2.24, 2.45) is 0 Å². The first kappa shape index (κ1) is 17.2. The Hall–Kier alpha value is -3.26. The number of nitrogens with zero attached hydrogens (tertiary/aromatic N) is 3. The van der Waals surface area contributed by atoms with Crippen LogP contribution in [0.3, 0.4) is 0 Å². The number of aromatic nitrogens is 3. The van der Waals surface area contributed by atoms with Crippen LogP contribution in [0.1, 0.15) is 6.92 Å². The van der Waals surface area contributed by atoms with Gasteiger partial charge in [-0.25, -0.2) is 4.68 Å². The van der Waals surface area contributed by atoms with Crippen molar-refractivity contribution in [3.8, 4) is 11.6 Å². The Bertz CT molecular complexity index is 1090. The summed E-state index contributed by atoms with van der Waals surface area (Å²) in [6, 6.07) is 17.2. The topological polar surface area (TPSA) is 99.0 Å². The number of thioether (sulfide) groups is 1. The molecule has 0 aliphatic rings. The number of carbonyl (C=O) groups is 1. The smallest absolute Gasteiger partial charge is 0.237 e. The summed E-state index contributed by atoms with van der Waals surface area (Å²) in [4.78, 5) is 12.7. The molecule has 4 rings (SSSR count). The number of anilines is 1. The van der Waals surface area contributed by atoms with Gasteiger partial charge in [0.05, 0.1) is 11.5 Å². The Morgan fingerprint density at radius 2 is 1.96 bits per heavy atom. The highest BCUT2D eigenvalue weighted by Crippen LogP contribution is 2.27. The molecule has 136 valence electrons. The number of benzene rings is 2. The standard InChI is InChI=1S/C19H17N5O2S/c1-12(27-19-23-22-17(24(19)20)16-10-5-11-26-16)18(25)21-15-9-4-7-13-6-2-3-8-14(13)15/h2-12H,20H2,1H3,(H,21,25)/t12-/m1/s1. The highest BCUT2D eigenvalue weighted by Gasteiger charge is 2.21. The van der Waals surface area contributed by atoms with Crippen LogP contribution in [0.15, 0.2) is 70.4 Å². The first-order chi connectivity index (χ1) is 13.1. The second-order valence-electron chi connectivity index (χ2n) is 5.93. The van der Waals surface area contributed by atoms with Crippen LogP contribution in [0.2, 0.25) is 0 Å². The fraction of sp³-hybridized carbons (Fsp3) is 0.105. The highest BCUT2D eigenvalue weighted by molar-refractivity contribution is 8.00. The van der Waals surface area contributed by atoms with Gasteiger partial charge >= 0.3 is 0 Å². The van der Waals surface area contributed by atoms with E-state index in [1.54, 1.807) is 19.1 Å². The predicted molar refractivity (Wildman–Crippen MR) is 106 cm³/mol. The third-order valence-electron chi connectivity index (χ3n) is 4.11. The van der Waals surface area contributed by atoms with Gasteiger partial charge in [0.2, 0.25) is 16.9 Å². The summed E-state index contributed by atoms with van der Waals surface area (Å²) < 4.78 is 6.62. The average molecular weight is 379 g/mol. The molecular weight excluding hydrogens is 362 g/mol. The molecule has 7 nitrogen and oxygen atoms in total. The van der Waals surface area contributed by atoms with Gasteiger partial charge < -0.3 is 15.6 Å². The van der Waals surface area contributed by atoms with E-state index in [0.29, 0.717) is 16.7 Å². The van der Waals surface area contributed by atoms with Crippen LogP contribution < -0.4 is 11.2 Å². The van der Waals surface area contributed by atoms with Crippen LogP contribution in [0.5, 0.6) is 0 Å². The van der Waals surface area contributed by atoms with Gasteiger partial charge in [-0.05, 0) is 30.5 Å². The normalized spacial score (nSPS) is 12.2. The molecule has 0 aliphatic carbocycles. The summed E-state index contributed by atoms with van der Waals surface area (Å²) in [5, 5.41) is 13.2. The summed E-state index contributed by atoms with van der Waals surface area (Å²) >= 11 is 1.23. The largest absolute Gasteiger partial charge is 0.461 e. The lowest BCUT2D eigenvalue weighted by Gasteiger charge is -2.13. The molecule has 2 aromatic heterocycles. The van der Waals surface area contributed by atoms with Gasteiger partial charge in [-0.2, -0.15) is 0 Å². The van der Waals surface area contributed by atoms with Crippen molar-refractivity contribution < 1.29 is 9.21 Å². The summed E-state index contributed by atoms with van der Waals surface area (Å²) in [5.41, 5.74) is 0.774. The van der Waals surface area contributed by atoms with Crippen molar-refractivity contribution >= 4 is 34.1 Å². The van der Waals surface area contributed by atoms with E-state index in [9.17, 15) is 4.79 Å². The van der Waals surface area contributed by atoms with Crippen molar-refractivity contribution in [1.82, 2.24) is 14.9 Å². The zero-order valence-corrected chi connectivity index (χ0v) is 15.3. The number of amides is 1. The molecule has 0 unspecified atom stereocenters. The fourth-order valence-corrected chi connectivity index (χ4v) is 3.48. The molecule has 1 amide bonds. The van der Waals surface area contributed by atoms with E-state index in [4.69, 9.17) is 10.3 Å². The van der Waals surface area contributed by atoms with E-state index in [2.05, 4.69) is 15.5 Å². The third kappa shape index (κ3) is 3.39. The molecule has 27 heavy (non-hydrogen) atoms. The molecule has 3 N–H and O–H groups in total. The van der Waals surface area contributed by atoms with E-state index >= 15 is 0 Å². The van der Waals surface area contributed by atoms with Gasteiger partial charge in [-0.3, -0.25) is 4.79 Å². The lowest BCUT2D eigenvalue weighted by molar-refractivity contribution is -0.115. The van der Waals surface area contributed by atoms with E-state index in [1.165, 1.54) is 22.7 Å². The summed E-state index contributed by atoms with van der Waals surface area (Å²) in [6.07, 6.45) is 1.54. The van der Waals surface area contributed by atoms with Crippen molar-refractivity contribution in [1.29, 1.82) is 0 Å². The molecule has 0 fully saturated rings. The Morgan fingerprint density at radius 1 is 1.15 bits per heavy atom. The first-order valence-corrected chi connectivity index (χ1v) is 9.21. The second-order valence-corrected chi connectivity index (χ2v) is 7.24. The van der Waals surface area contributed by atoms with Gasteiger partial charge in [0.15, 0.2) is 5.76 Å². The van der Waals surface area contributed by atoms with Crippen LogP contribution >= 0.6 is 11.8 Å². The van der Waals surface area contributed by atoms with Crippen LogP contribution in [0.25, 0.3) is 22.4 Å². The number of hydrogen-bond acceptors (Lipinski definition) is 6. The zero-order chi connectivity index (χ0) is 18.8. The molecule has 2 aromatic carbocycles. The maximum atomic E-state index is 12.7. The summed E-state index contributed by atoms with van der Waals surface area (Å²) in [5.74, 6) is 6.83. The lowest BCUT2D eigenvalue weighted by Crippen LogP contribution is -2.23. The minimum Gasteiger partial charge on any atom is -0.461 e. The van der Waals surface area contributed by atoms with Crippen LogP contribution in [-0.4, -0.2) is 26.0 Å². The molecule has 0 spiro atoms. The number of nitrogens with two attached hydrogens (primary N) is 1. The Morgan fingerprint density at radius 3 is 2.78 bits per heavy atom. The lowest BCUT2D eigenvalue weighted by atomic mass is 10.1. The number of nitrogen functional groups attached to an aromatic ring is 1. The van der Waals surface area contributed by atoms with E-state index < -0.39 is 5.25 Å². The summed E-state index contributed by atoms with van der Waals surface area (Å²) in [6.45, 7) is 1.80. The van der Waals surface area contributed by atoms with Crippen LogP contribution in [0, 0.1) is 0 Å². The maximum Gasteiger partial charge on any atom is 0.237 e. The molecule has 2 heterocycles. The van der Waals surface area contributed by atoms with E-state index in [1.807, 2.05) is 42.5 Å². The molecule has 8 heteroatoms. The Balaban J connectivity index is 1.50. The average Bonchev–Trinajstić information content (AvgIpc) is 3.32. The Labute approximate surface area is 159 Å². The number of nitrogens with one attached hydrogen (secondary N) is 1. The molecular formula is C19H17N5O2S. The molecule has 4 aromatic rings. The first-order valence-electron chi connectivity index (χ1n) is 8.33. The van der Waals surface area contributed by atoms with E-state index in [-0.39, 0.29) is 5.91 Å². The van der Waals surface area contributed by atoms with Crippen molar-refractivity contribution in [3.05, 3.63) is 60.9 Å². The quantitative estimate of drug-likeness (QED) is 0.407. The van der Waals surface area contributed by atoms with Crippen molar-refractivity contribution in [2.75, 3.05) is 11.2 Å². The SMILES string of the molecule is C[C@@H](Sc1nnc(-c2ccco2)n1N)C(=O)Nc1cccc2ccccc12.